The van der Waals surface area contributed by atoms with Crippen LogP contribution in [0.25, 0.3) is 0 Å². The summed E-state index contributed by atoms with van der Waals surface area (Å²) in [5, 5.41) is 0. The van der Waals surface area contributed by atoms with Gasteiger partial charge in [-0.1, -0.05) is 13.2 Å². The summed E-state index contributed by atoms with van der Waals surface area (Å²) >= 11 is 0. The van der Waals surface area contributed by atoms with E-state index in [9.17, 15) is 24.0 Å². The molecule has 0 amide bonds. The molecule has 0 saturated heterocycles. The molecule has 0 N–H and O–H groups in total. The van der Waals surface area contributed by atoms with Crippen LogP contribution < -0.4 is 18.9 Å². The van der Waals surface area contributed by atoms with E-state index in [4.69, 9.17) is 37.9 Å². The van der Waals surface area contributed by atoms with E-state index in [1.165, 1.54) is 18.2 Å². The van der Waals surface area contributed by atoms with E-state index in [0.717, 1.165) is 63.5 Å². The topological polar surface area (TPSA) is 159 Å². The summed E-state index contributed by atoms with van der Waals surface area (Å²) in [5.41, 5.74) is 0.382. The molecule has 0 aliphatic carbocycles. The Bertz CT molecular complexity index is 1730. The van der Waals surface area contributed by atoms with Crippen LogP contribution in [-0.2, 0) is 28.5 Å². The van der Waals surface area contributed by atoms with Crippen molar-refractivity contribution in [3.05, 3.63) is 109 Å². The number of methoxy groups -OCH3 is 1. The highest BCUT2D eigenvalue weighted by Crippen LogP contribution is 2.28. The first-order valence-corrected chi connectivity index (χ1v) is 19.0. The fourth-order valence-electron chi connectivity index (χ4n) is 5.07. The Hall–Kier alpha value is -5.95. The normalized spacial score (nSPS) is 10.5. The molecule has 0 aliphatic rings. The van der Waals surface area contributed by atoms with Crippen LogP contribution in [-0.4, -0.2) is 76.6 Å². The second-order valence-corrected chi connectivity index (χ2v) is 12.6. The standard InChI is InChI=1S/C44H52O13/c1-4-40(45)53-29-12-8-6-10-27-51-35-20-16-33(17-21-35)42(47)56-37-24-25-39(38(32-37)44(49)55-31-15-14-26-50-3)57-43(48)34-18-22-36(23-19-34)52-28-11-7-9-13-30-54-41(46)5-2/h4-5,16-25,32H,1-2,6-15,26-31H2,3H3. The maximum atomic E-state index is 13.2. The molecule has 3 aromatic carbocycles. The summed E-state index contributed by atoms with van der Waals surface area (Å²) in [6.07, 6.45) is 10.2. The lowest BCUT2D eigenvalue weighted by Crippen LogP contribution is -2.15. The van der Waals surface area contributed by atoms with Crippen LogP contribution in [0.3, 0.4) is 0 Å². The first-order chi connectivity index (χ1) is 27.7. The highest BCUT2D eigenvalue weighted by Gasteiger charge is 2.21. The molecule has 3 rings (SSSR count). The molecule has 0 radical (unpaired) electrons. The Morgan fingerprint density at radius 3 is 1.39 bits per heavy atom. The molecule has 0 aliphatic heterocycles. The number of unbranched alkanes of at least 4 members (excludes halogenated alkanes) is 7. The van der Waals surface area contributed by atoms with Crippen molar-refractivity contribution in [1.82, 2.24) is 0 Å². The second kappa shape index (κ2) is 26.8. The van der Waals surface area contributed by atoms with Crippen molar-refractivity contribution in [2.24, 2.45) is 0 Å². The maximum absolute atomic E-state index is 13.2. The van der Waals surface area contributed by atoms with Crippen LogP contribution >= 0.6 is 0 Å². The first kappa shape index (κ1) is 45.4. The third-order valence-corrected chi connectivity index (χ3v) is 8.18. The van der Waals surface area contributed by atoms with Crippen LogP contribution in [0.5, 0.6) is 23.0 Å². The molecule has 0 atom stereocenters. The average Bonchev–Trinajstić information content (AvgIpc) is 3.23. The second-order valence-electron chi connectivity index (χ2n) is 12.6. The fourth-order valence-corrected chi connectivity index (χ4v) is 5.07. The van der Waals surface area contributed by atoms with Gasteiger partial charge in [0.05, 0.1) is 44.2 Å². The summed E-state index contributed by atoms with van der Waals surface area (Å²) in [7, 11) is 1.58. The molecule has 0 aromatic heterocycles. The van der Waals surface area contributed by atoms with Gasteiger partial charge in [0.25, 0.3) is 0 Å². The SMILES string of the molecule is C=CC(=O)OCCCCCCOc1ccc(C(=O)Oc2ccc(OC(=O)c3ccc(OCCCCCCOC(=O)C=C)cc3)c(C(=O)OCCCCOC)c2)cc1. The van der Waals surface area contributed by atoms with Crippen LogP contribution in [0.4, 0.5) is 0 Å². The number of benzene rings is 3. The zero-order chi connectivity index (χ0) is 41.1. The van der Waals surface area contributed by atoms with Crippen molar-refractivity contribution in [3.63, 3.8) is 0 Å². The van der Waals surface area contributed by atoms with E-state index in [2.05, 4.69) is 13.2 Å². The van der Waals surface area contributed by atoms with Crippen molar-refractivity contribution in [2.45, 2.75) is 64.2 Å². The third-order valence-electron chi connectivity index (χ3n) is 8.18. The Labute approximate surface area is 333 Å². The Morgan fingerprint density at radius 1 is 0.474 bits per heavy atom. The zero-order valence-corrected chi connectivity index (χ0v) is 32.5. The molecule has 0 heterocycles. The number of ether oxygens (including phenoxy) is 8. The van der Waals surface area contributed by atoms with Gasteiger partial charge in [0, 0.05) is 25.9 Å². The number of hydrogen-bond donors (Lipinski definition) is 0. The molecule has 0 saturated carbocycles. The van der Waals surface area contributed by atoms with Crippen LogP contribution in [0.2, 0.25) is 0 Å². The number of rotatable bonds is 28. The van der Waals surface area contributed by atoms with Gasteiger partial charge in [-0.05, 0) is 131 Å². The smallest absolute Gasteiger partial charge is 0.343 e. The molecule has 13 heteroatoms. The van der Waals surface area contributed by atoms with Crippen molar-refractivity contribution < 1.29 is 61.9 Å². The minimum atomic E-state index is -0.757. The Morgan fingerprint density at radius 2 is 0.895 bits per heavy atom. The van der Waals surface area contributed by atoms with Crippen LogP contribution in [0.15, 0.2) is 92.0 Å². The van der Waals surface area contributed by atoms with E-state index in [1.54, 1.807) is 55.6 Å². The summed E-state index contributed by atoms with van der Waals surface area (Å²) in [6, 6.07) is 17.0. The van der Waals surface area contributed by atoms with E-state index in [-0.39, 0.29) is 34.8 Å². The number of carbonyl (C=O) groups is 5. The van der Waals surface area contributed by atoms with Gasteiger partial charge in [-0.15, -0.1) is 0 Å². The van der Waals surface area contributed by atoms with E-state index >= 15 is 0 Å². The zero-order valence-electron chi connectivity index (χ0n) is 32.5. The van der Waals surface area contributed by atoms with Gasteiger partial charge in [0.2, 0.25) is 0 Å². The van der Waals surface area contributed by atoms with E-state index < -0.39 is 29.8 Å². The number of hydrogen-bond acceptors (Lipinski definition) is 13. The summed E-state index contributed by atoms with van der Waals surface area (Å²) in [4.78, 5) is 61.5. The van der Waals surface area contributed by atoms with Gasteiger partial charge in [0.15, 0.2) is 0 Å². The third kappa shape index (κ3) is 18.0. The van der Waals surface area contributed by atoms with Gasteiger partial charge in [-0.3, -0.25) is 0 Å². The monoisotopic (exact) mass is 788 g/mol. The minimum absolute atomic E-state index is 0.0448. The van der Waals surface area contributed by atoms with Gasteiger partial charge in [0.1, 0.15) is 28.6 Å². The number of esters is 5. The van der Waals surface area contributed by atoms with Crippen LogP contribution in [0.1, 0.15) is 95.3 Å². The largest absolute Gasteiger partial charge is 0.494 e. The highest BCUT2D eigenvalue weighted by molar-refractivity contribution is 5.97. The quantitative estimate of drug-likeness (QED) is 0.0229. The van der Waals surface area contributed by atoms with Gasteiger partial charge in [-0.2, -0.15) is 0 Å². The molecule has 0 fully saturated rings. The van der Waals surface area contributed by atoms with Crippen molar-refractivity contribution >= 4 is 29.8 Å². The lowest BCUT2D eigenvalue weighted by atomic mass is 10.1. The average molecular weight is 789 g/mol. The molecule has 0 spiro atoms. The van der Waals surface area contributed by atoms with Crippen molar-refractivity contribution in [1.29, 1.82) is 0 Å². The van der Waals surface area contributed by atoms with Crippen LogP contribution in [0, 0.1) is 0 Å². The van der Waals surface area contributed by atoms with Crippen molar-refractivity contribution in [2.75, 3.05) is 46.8 Å². The van der Waals surface area contributed by atoms with Gasteiger partial charge in [-0.25, -0.2) is 24.0 Å². The maximum Gasteiger partial charge on any atom is 0.343 e. The van der Waals surface area contributed by atoms with Crippen molar-refractivity contribution in [3.8, 4) is 23.0 Å². The molecule has 0 unspecified atom stereocenters. The highest BCUT2D eigenvalue weighted by atomic mass is 16.6. The minimum Gasteiger partial charge on any atom is -0.494 e. The fraction of sp³-hybridized carbons (Fsp3) is 0.386. The molecular weight excluding hydrogens is 736 g/mol. The summed E-state index contributed by atoms with van der Waals surface area (Å²) in [5.74, 6) is -1.86. The lowest BCUT2D eigenvalue weighted by molar-refractivity contribution is -0.138. The van der Waals surface area contributed by atoms with E-state index in [0.29, 0.717) is 57.4 Å². The first-order valence-electron chi connectivity index (χ1n) is 19.0. The predicted octanol–water partition coefficient (Wildman–Crippen LogP) is 8.05. The molecule has 0 bridgehead atoms. The predicted molar refractivity (Wildman–Crippen MR) is 211 cm³/mol. The lowest BCUT2D eigenvalue weighted by Gasteiger charge is -2.13. The molecule has 3 aromatic rings. The Balaban J connectivity index is 1.54. The molecule has 57 heavy (non-hydrogen) atoms. The molecule has 13 nitrogen and oxygen atoms in total. The Kier molecular flexibility index (Phi) is 21.4. The summed E-state index contributed by atoms with van der Waals surface area (Å²) in [6.45, 7) is 9.02. The van der Waals surface area contributed by atoms with Gasteiger partial charge < -0.3 is 37.9 Å². The van der Waals surface area contributed by atoms with E-state index in [1.807, 2.05) is 0 Å². The van der Waals surface area contributed by atoms with Gasteiger partial charge >= 0.3 is 29.8 Å². The summed E-state index contributed by atoms with van der Waals surface area (Å²) < 4.78 is 43.2. The molecular formula is C44H52O13. The number of carbonyl (C=O) groups excluding carboxylic acids is 5. The molecule has 306 valence electrons.